The van der Waals surface area contributed by atoms with E-state index in [9.17, 15) is 5.11 Å². The first kappa shape index (κ1) is 12.4. The van der Waals surface area contributed by atoms with Crippen molar-refractivity contribution in [1.29, 1.82) is 0 Å². The smallest absolute Gasteiger partial charge is 0.115 e. The molecule has 2 atom stereocenters. The molecule has 17 heavy (non-hydrogen) atoms. The van der Waals surface area contributed by atoms with E-state index in [1.54, 1.807) is 12.1 Å². The summed E-state index contributed by atoms with van der Waals surface area (Å²) < 4.78 is 0. The van der Waals surface area contributed by atoms with Crippen LogP contribution in [-0.4, -0.2) is 42.2 Å². The summed E-state index contributed by atoms with van der Waals surface area (Å²) in [5.74, 6) is 0.345. The van der Waals surface area contributed by atoms with Gasteiger partial charge in [0.05, 0.1) is 0 Å². The van der Waals surface area contributed by atoms with Crippen LogP contribution in [0.3, 0.4) is 0 Å². The topological polar surface area (TPSA) is 35.5 Å². The number of likely N-dealkylation sites (tertiary alicyclic amines) is 1. The second kappa shape index (κ2) is 5.52. The predicted octanol–water partition coefficient (Wildman–Crippen LogP) is 1.62. The monoisotopic (exact) mass is 234 g/mol. The Labute approximate surface area is 103 Å². The molecule has 0 spiro atoms. The lowest BCUT2D eigenvalue weighted by Gasteiger charge is -2.24. The molecule has 0 aromatic heterocycles. The van der Waals surface area contributed by atoms with Crippen molar-refractivity contribution in [2.24, 2.45) is 0 Å². The summed E-state index contributed by atoms with van der Waals surface area (Å²) >= 11 is 0. The van der Waals surface area contributed by atoms with Gasteiger partial charge in [0, 0.05) is 25.2 Å². The minimum absolute atomic E-state index is 0.345. The van der Waals surface area contributed by atoms with Crippen molar-refractivity contribution >= 4 is 0 Å². The number of hydrogen-bond donors (Lipinski definition) is 2. The molecule has 1 aromatic rings. The Morgan fingerprint density at radius 1 is 1.41 bits per heavy atom. The minimum Gasteiger partial charge on any atom is -0.508 e. The van der Waals surface area contributed by atoms with Gasteiger partial charge >= 0.3 is 0 Å². The first-order valence-corrected chi connectivity index (χ1v) is 6.38. The molecule has 1 saturated heterocycles. The van der Waals surface area contributed by atoms with Crippen LogP contribution in [0.1, 0.15) is 18.9 Å². The van der Waals surface area contributed by atoms with Gasteiger partial charge in [-0.15, -0.1) is 0 Å². The van der Waals surface area contributed by atoms with Gasteiger partial charge in [-0.25, -0.2) is 0 Å². The number of aromatic hydroxyl groups is 1. The number of benzene rings is 1. The minimum atomic E-state index is 0.345. The van der Waals surface area contributed by atoms with Gasteiger partial charge in [0.2, 0.25) is 0 Å². The molecule has 2 N–H and O–H groups in total. The third-order valence-electron chi connectivity index (χ3n) is 3.72. The van der Waals surface area contributed by atoms with Crippen molar-refractivity contribution in [3.05, 3.63) is 29.8 Å². The standard InChI is InChI=1S/C14H22N2O/c1-11(16-8-7-13(10-16)15-2)9-12-3-5-14(17)6-4-12/h3-6,11,13,15,17H,7-10H2,1-2H3. The van der Waals surface area contributed by atoms with Crippen molar-refractivity contribution < 1.29 is 5.11 Å². The van der Waals surface area contributed by atoms with Crippen molar-refractivity contribution in [1.82, 2.24) is 10.2 Å². The molecule has 1 aromatic carbocycles. The highest BCUT2D eigenvalue weighted by Gasteiger charge is 2.24. The highest BCUT2D eigenvalue weighted by Crippen LogP contribution is 2.17. The van der Waals surface area contributed by atoms with Crippen LogP contribution < -0.4 is 5.32 Å². The number of likely N-dealkylation sites (N-methyl/N-ethyl adjacent to an activating group) is 1. The number of phenolic OH excluding ortho intramolecular Hbond substituents is 1. The second-order valence-corrected chi connectivity index (χ2v) is 4.99. The Balaban J connectivity index is 1.89. The van der Waals surface area contributed by atoms with E-state index in [1.165, 1.54) is 18.5 Å². The lowest BCUT2D eigenvalue weighted by atomic mass is 10.1. The highest BCUT2D eigenvalue weighted by molar-refractivity contribution is 5.26. The molecule has 94 valence electrons. The molecule has 1 heterocycles. The van der Waals surface area contributed by atoms with E-state index in [0.717, 1.165) is 13.0 Å². The number of nitrogens with zero attached hydrogens (tertiary/aromatic N) is 1. The normalized spacial score (nSPS) is 22.8. The van der Waals surface area contributed by atoms with Crippen LogP contribution in [0, 0.1) is 0 Å². The highest BCUT2D eigenvalue weighted by atomic mass is 16.3. The van der Waals surface area contributed by atoms with Crippen molar-refractivity contribution in [3.8, 4) is 5.75 Å². The number of rotatable bonds is 4. The van der Waals surface area contributed by atoms with E-state index in [-0.39, 0.29) is 0 Å². The molecule has 0 saturated carbocycles. The van der Waals surface area contributed by atoms with E-state index in [0.29, 0.717) is 17.8 Å². The fourth-order valence-electron chi connectivity index (χ4n) is 2.53. The Morgan fingerprint density at radius 2 is 2.12 bits per heavy atom. The van der Waals surface area contributed by atoms with Gasteiger partial charge in [-0.2, -0.15) is 0 Å². The zero-order valence-corrected chi connectivity index (χ0v) is 10.7. The number of nitrogens with one attached hydrogen (secondary N) is 1. The van der Waals surface area contributed by atoms with Gasteiger partial charge in [0.1, 0.15) is 5.75 Å². The number of phenols is 1. The summed E-state index contributed by atoms with van der Waals surface area (Å²) in [5.41, 5.74) is 1.29. The predicted molar refractivity (Wildman–Crippen MR) is 70.3 cm³/mol. The molecule has 0 aliphatic carbocycles. The average molecular weight is 234 g/mol. The van der Waals surface area contributed by atoms with E-state index >= 15 is 0 Å². The molecule has 2 rings (SSSR count). The fraction of sp³-hybridized carbons (Fsp3) is 0.571. The Hall–Kier alpha value is -1.06. The summed E-state index contributed by atoms with van der Waals surface area (Å²) in [5, 5.41) is 12.6. The van der Waals surface area contributed by atoms with E-state index in [4.69, 9.17) is 0 Å². The van der Waals surface area contributed by atoms with Gasteiger partial charge in [-0.3, -0.25) is 4.90 Å². The van der Waals surface area contributed by atoms with Crippen LogP contribution in [-0.2, 0) is 6.42 Å². The molecule has 1 fully saturated rings. The Kier molecular flexibility index (Phi) is 4.02. The zero-order chi connectivity index (χ0) is 12.3. The van der Waals surface area contributed by atoms with Gasteiger partial charge in [0.15, 0.2) is 0 Å². The van der Waals surface area contributed by atoms with Crippen LogP contribution in [0.4, 0.5) is 0 Å². The molecule has 1 aliphatic rings. The molecule has 2 unspecified atom stereocenters. The average Bonchev–Trinajstić information content (AvgIpc) is 2.81. The SMILES string of the molecule is CNC1CCN(C(C)Cc2ccc(O)cc2)C1. The summed E-state index contributed by atoms with van der Waals surface area (Å²) in [7, 11) is 2.04. The van der Waals surface area contributed by atoms with Crippen LogP contribution >= 0.6 is 0 Å². The maximum atomic E-state index is 9.25. The van der Waals surface area contributed by atoms with Gasteiger partial charge in [-0.1, -0.05) is 12.1 Å². The molecule has 0 amide bonds. The lowest BCUT2D eigenvalue weighted by molar-refractivity contribution is 0.252. The van der Waals surface area contributed by atoms with Gasteiger partial charge in [0.25, 0.3) is 0 Å². The summed E-state index contributed by atoms with van der Waals surface area (Å²) in [6.45, 7) is 4.62. The van der Waals surface area contributed by atoms with Crippen molar-refractivity contribution in [2.75, 3.05) is 20.1 Å². The van der Waals surface area contributed by atoms with Crippen LogP contribution in [0.2, 0.25) is 0 Å². The van der Waals surface area contributed by atoms with Gasteiger partial charge < -0.3 is 10.4 Å². The Bertz CT molecular complexity index is 350. The molecular weight excluding hydrogens is 212 g/mol. The van der Waals surface area contributed by atoms with Crippen molar-refractivity contribution in [2.45, 2.75) is 31.8 Å². The summed E-state index contributed by atoms with van der Waals surface area (Å²) in [6.07, 6.45) is 2.30. The lowest BCUT2D eigenvalue weighted by Crippen LogP contribution is -2.36. The van der Waals surface area contributed by atoms with Crippen LogP contribution in [0.25, 0.3) is 0 Å². The van der Waals surface area contributed by atoms with Crippen LogP contribution in [0.5, 0.6) is 5.75 Å². The molecule has 3 nitrogen and oxygen atoms in total. The molecule has 1 aliphatic heterocycles. The zero-order valence-electron chi connectivity index (χ0n) is 10.7. The molecule has 3 heteroatoms. The quantitative estimate of drug-likeness (QED) is 0.831. The first-order chi connectivity index (χ1) is 8.19. The van der Waals surface area contributed by atoms with Crippen LogP contribution in [0.15, 0.2) is 24.3 Å². The fourth-order valence-corrected chi connectivity index (χ4v) is 2.53. The Morgan fingerprint density at radius 3 is 2.71 bits per heavy atom. The summed E-state index contributed by atoms with van der Waals surface area (Å²) in [4.78, 5) is 2.54. The molecule has 0 bridgehead atoms. The van der Waals surface area contributed by atoms with Crippen molar-refractivity contribution in [3.63, 3.8) is 0 Å². The largest absolute Gasteiger partial charge is 0.508 e. The van der Waals surface area contributed by atoms with E-state index < -0.39 is 0 Å². The third-order valence-corrected chi connectivity index (χ3v) is 3.72. The van der Waals surface area contributed by atoms with E-state index in [2.05, 4.69) is 17.1 Å². The molecular formula is C14H22N2O. The first-order valence-electron chi connectivity index (χ1n) is 6.38. The van der Waals surface area contributed by atoms with E-state index in [1.807, 2.05) is 19.2 Å². The maximum Gasteiger partial charge on any atom is 0.115 e. The molecule has 0 radical (unpaired) electrons. The summed E-state index contributed by atoms with van der Waals surface area (Å²) in [6, 6.07) is 8.77. The third kappa shape index (κ3) is 3.20. The second-order valence-electron chi connectivity index (χ2n) is 4.99. The maximum absolute atomic E-state index is 9.25. The van der Waals surface area contributed by atoms with Gasteiger partial charge in [-0.05, 0) is 44.5 Å². The number of hydrogen-bond acceptors (Lipinski definition) is 3.